The zero-order chi connectivity index (χ0) is 13.8. The third-order valence-corrected chi connectivity index (χ3v) is 4.35. The number of thiophene rings is 1. The minimum Gasteiger partial charge on any atom is -0.489 e. The minimum atomic E-state index is -0.914. The maximum absolute atomic E-state index is 11.2. The second-order valence-electron chi connectivity index (χ2n) is 4.92. The summed E-state index contributed by atoms with van der Waals surface area (Å²) >= 11 is 1.31. The molecule has 2 heterocycles. The first-order valence-corrected chi connectivity index (χ1v) is 7.56. The Balaban J connectivity index is 1.99. The highest BCUT2D eigenvalue weighted by molar-refractivity contribution is 7.14. The highest BCUT2D eigenvalue weighted by atomic mass is 32.1. The Morgan fingerprint density at radius 1 is 1.58 bits per heavy atom. The van der Waals surface area contributed by atoms with Gasteiger partial charge in [0.1, 0.15) is 12.4 Å². The Morgan fingerprint density at radius 2 is 2.37 bits per heavy atom. The monoisotopic (exact) mass is 284 g/mol. The molecule has 106 valence electrons. The van der Waals surface area contributed by atoms with E-state index in [1.165, 1.54) is 11.3 Å². The van der Waals surface area contributed by atoms with E-state index in [0.717, 1.165) is 30.6 Å². The van der Waals surface area contributed by atoms with E-state index in [0.29, 0.717) is 17.2 Å². The molecule has 2 unspecified atom stereocenters. The van der Waals surface area contributed by atoms with E-state index < -0.39 is 5.97 Å². The Hall–Kier alpha value is -1.07. The van der Waals surface area contributed by atoms with Crippen LogP contribution in [0.1, 0.15) is 47.7 Å². The molecular weight excluding hydrogens is 264 g/mol. The lowest BCUT2D eigenvalue weighted by Gasteiger charge is -2.12. The molecule has 19 heavy (non-hydrogen) atoms. The highest BCUT2D eigenvalue weighted by Gasteiger charge is 2.24. The van der Waals surface area contributed by atoms with Gasteiger partial charge in [-0.1, -0.05) is 13.3 Å². The second-order valence-corrected chi connectivity index (χ2v) is 6.06. The van der Waals surface area contributed by atoms with Gasteiger partial charge in [0.05, 0.1) is 12.2 Å². The van der Waals surface area contributed by atoms with Crippen LogP contribution < -0.4 is 4.74 Å². The van der Waals surface area contributed by atoms with Crippen LogP contribution in [0, 0.1) is 0 Å². The smallest absolute Gasteiger partial charge is 0.349 e. The summed E-state index contributed by atoms with van der Waals surface area (Å²) in [6, 6.07) is 1.86. The van der Waals surface area contributed by atoms with Crippen molar-refractivity contribution in [1.82, 2.24) is 0 Å². The van der Waals surface area contributed by atoms with Crippen molar-refractivity contribution in [1.29, 1.82) is 0 Å². The van der Waals surface area contributed by atoms with Gasteiger partial charge in [-0.05, 0) is 32.3 Å². The first-order chi connectivity index (χ1) is 9.10. The molecule has 0 bridgehead atoms. The first kappa shape index (κ1) is 14.3. The predicted molar refractivity (Wildman–Crippen MR) is 74.3 cm³/mol. The molecule has 1 aromatic heterocycles. The molecule has 1 aliphatic rings. The van der Waals surface area contributed by atoms with Crippen LogP contribution >= 0.6 is 11.3 Å². The van der Waals surface area contributed by atoms with Gasteiger partial charge in [-0.25, -0.2) is 4.79 Å². The van der Waals surface area contributed by atoms with Gasteiger partial charge < -0.3 is 14.6 Å². The van der Waals surface area contributed by atoms with Crippen molar-refractivity contribution >= 4 is 17.3 Å². The molecule has 1 aromatic rings. The molecule has 1 N–H and O–H groups in total. The number of ether oxygens (including phenoxy) is 2. The van der Waals surface area contributed by atoms with Crippen molar-refractivity contribution in [3.8, 4) is 5.75 Å². The SMILES string of the molecule is CCCc1cc(OCC2CCC(C)O2)c(C(=O)O)s1. The number of rotatable bonds is 6. The van der Waals surface area contributed by atoms with E-state index >= 15 is 0 Å². The molecule has 0 saturated carbocycles. The van der Waals surface area contributed by atoms with Gasteiger partial charge in [0, 0.05) is 4.88 Å². The zero-order valence-corrected chi connectivity index (χ0v) is 12.2. The molecule has 1 saturated heterocycles. The fourth-order valence-corrected chi connectivity index (χ4v) is 3.28. The average molecular weight is 284 g/mol. The summed E-state index contributed by atoms with van der Waals surface area (Å²) in [7, 11) is 0. The maximum Gasteiger partial charge on any atom is 0.349 e. The summed E-state index contributed by atoms with van der Waals surface area (Å²) in [5.41, 5.74) is 0. The Kier molecular flexibility index (Phi) is 4.82. The van der Waals surface area contributed by atoms with Gasteiger partial charge >= 0.3 is 5.97 Å². The van der Waals surface area contributed by atoms with Crippen LogP contribution in [0.3, 0.4) is 0 Å². The lowest BCUT2D eigenvalue weighted by atomic mass is 10.2. The summed E-state index contributed by atoms with van der Waals surface area (Å²) in [5, 5.41) is 9.18. The van der Waals surface area contributed by atoms with E-state index in [1.807, 2.05) is 13.0 Å². The van der Waals surface area contributed by atoms with Crippen LogP contribution in [0.2, 0.25) is 0 Å². The third kappa shape index (κ3) is 3.70. The van der Waals surface area contributed by atoms with Crippen LogP contribution in [-0.4, -0.2) is 29.9 Å². The summed E-state index contributed by atoms with van der Waals surface area (Å²) in [6.07, 6.45) is 4.30. The Morgan fingerprint density at radius 3 is 2.95 bits per heavy atom. The first-order valence-electron chi connectivity index (χ1n) is 6.74. The van der Waals surface area contributed by atoms with Crippen LogP contribution in [0.15, 0.2) is 6.07 Å². The van der Waals surface area contributed by atoms with Crippen LogP contribution in [0.25, 0.3) is 0 Å². The number of carbonyl (C=O) groups is 1. The average Bonchev–Trinajstić information content (AvgIpc) is 2.93. The summed E-state index contributed by atoms with van der Waals surface area (Å²) < 4.78 is 11.3. The number of carboxylic acids is 1. The standard InChI is InChI=1S/C14H20O4S/c1-3-4-11-7-12(13(19-11)14(15)16)17-8-10-6-5-9(2)18-10/h7,9-10H,3-6,8H2,1-2H3,(H,15,16). The van der Waals surface area contributed by atoms with Crippen molar-refractivity contribution in [2.24, 2.45) is 0 Å². The van der Waals surface area contributed by atoms with Crippen LogP contribution in [0.4, 0.5) is 0 Å². The molecule has 1 aliphatic heterocycles. The third-order valence-electron chi connectivity index (χ3n) is 3.18. The number of hydrogen-bond acceptors (Lipinski definition) is 4. The molecule has 5 heteroatoms. The van der Waals surface area contributed by atoms with Crippen molar-refractivity contribution in [2.75, 3.05) is 6.61 Å². The van der Waals surface area contributed by atoms with E-state index in [1.54, 1.807) is 0 Å². The van der Waals surface area contributed by atoms with Crippen LogP contribution in [-0.2, 0) is 11.2 Å². The highest BCUT2D eigenvalue weighted by Crippen LogP contribution is 2.31. The van der Waals surface area contributed by atoms with E-state index in [9.17, 15) is 9.90 Å². The molecule has 0 amide bonds. The largest absolute Gasteiger partial charge is 0.489 e. The Labute approximate surface area is 117 Å². The van der Waals surface area contributed by atoms with Gasteiger partial charge in [0.25, 0.3) is 0 Å². The molecule has 1 fully saturated rings. The van der Waals surface area contributed by atoms with E-state index in [2.05, 4.69) is 6.92 Å². The molecule has 0 aliphatic carbocycles. The zero-order valence-electron chi connectivity index (χ0n) is 11.3. The van der Waals surface area contributed by atoms with E-state index in [4.69, 9.17) is 9.47 Å². The van der Waals surface area contributed by atoms with Crippen LogP contribution in [0.5, 0.6) is 5.75 Å². The maximum atomic E-state index is 11.2. The van der Waals surface area contributed by atoms with Crippen molar-refractivity contribution in [3.63, 3.8) is 0 Å². The summed E-state index contributed by atoms with van der Waals surface area (Å²) in [4.78, 5) is 12.6. The fraction of sp³-hybridized carbons (Fsp3) is 0.643. The van der Waals surface area contributed by atoms with Crippen molar-refractivity contribution < 1.29 is 19.4 Å². The molecule has 0 aromatic carbocycles. The van der Waals surface area contributed by atoms with Gasteiger partial charge in [0.2, 0.25) is 0 Å². The van der Waals surface area contributed by atoms with Gasteiger partial charge in [-0.2, -0.15) is 0 Å². The lowest BCUT2D eigenvalue weighted by Crippen LogP contribution is -2.18. The molecule has 4 nitrogen and oxygen atoms in total. The molecule has 2 atom stereocenters. The molecule has 0 spiro atoms. The van der Waals surface area contributed by atoms with Crippen molar-refractivity contribution in [3.05, 3.63) is 15.8 Å². The lowest BCUT2D eigenvalue weighted by molar-refractivity contribution is 0.0260. The molecule has 0 radical (unpaired) electrons. The van der Waals surface area contributed by atoms with Gasteiger partial charge in [-0.3, -0.25) is 0 Å². The summed E-state index contributed by atoms with van der Waals surface area (Å²) in [6.45, 7) is 4.56. The summed E-state index contributed by atoms with van der Waals surface area (Å²) in [5.74, 6) is -0.424. The predicted octanol–water partition coefficient (Wildman–Crippen LogP) is 3.35. The second kappa shape index (κ2) is 6.39. The van der Waals surface area contributed by atoms with E-state index in [-0.39, 0.29) is 12.2 Å². The normalized spacial score (nSPS) is 22.6. The number of aromatic carboxylic acids is 1. The molecule has 2 rings (SSSR count). The quantitative estimate of drug-likeness (QED) is 0.870. The minimum absolute atomic E-state index is 0.0890. The number of hydrogen-bond donors (Lipinski definition) is 1. The topological polar surface area (TPSA) is 55.8 Å². The van der Waals surface area contributed by atoms with Gasteiger partial charge in [0.15, 0.2) is 4.88 Å². The molecular formula is C14H20O4S. The Bertz CT molecular complexity index is 441. The van der Waals surface area contributed by atoms with Gasteiger partial charge in [-0.15, -0.1) is 11.3 Å². The number of aryl methyl sites for hydroxylation is 1. The van der Waals surface area contributed by atoms with Crippen molar-refractivity contribution in [2.45, 2.75) is 51.7 Å². The number of carboxylic acid groups (broad SMARTS) is 1. The fourth-order valence-electron chi connectivity index (χ4n) is 2.24.